The zero-order valence-electron chi connectivity index (χ0n) is 12.9. The van der Waals surface area contributed by atoms with Gasteiger partial charge >= 0.3 is 0 Å². The molecule has 0 unspecified atom stereocenters. The van der Waals surface area contributed by atoms with Crippen LogP contribution in [0.2, 0.25) is 10.0 Å². The number of nitrogens with zero attached hydrogens (tertiary/aromatic N) is 3. The Morgan fingerprint density at radius 3 is 2.80 bits per heavy atom. The summed E-state index contributed by atoms with van der Waals surface area (Å²) in [6.45, 7) is 1.95. The molecule has 1 aromatic heterocycles. The summed E-state index contributed by atoms with van der Waals surface area (Å²) in [4.78, 5) is 17.9. The molecule has 124 valence electrons. The highest BCUT2D eigenvalue weighted by Crippen LogP contribution is 2.35. The zero-order chi connectivity index (χ0) is 18.1. The van der Waals surface area contributed by atoms with E-state index in [1.165, 1.54) is 18.2 Å². The van der Waals surface area contributed by atoms with Gasteiger partial charge in [0, 0.05) is 16.7 Å². The lowest BCUT2D eigenvalue weighted by atomic mass is 10.1. The van der Waals surface area contributed by atoms with Gasteiger partial charge in [0.2, 0.25) is 0 Å². The Bertz CT molecular complexity index is 1080. The Kier molecular flexibility index (Phi) is 4.45. The minimum absolute atomic E-state index is 0.128. The normalized spacial score (nSPS) is 11.5. The van der Waals surface area contributed by atoms with Gasteiger partial charge in [-0.15, -0.1) is 0 Å². The molecule has 1 N–H and O–H groups in total. The molecule has 2 aromatic carbocycles. The van der Waals surface area contributed by atoms with Crippen molar-refractivity contribution in [3.63, 3.8) is 0 Å². The zero-order valence-corrected chi connectivity index (χ0v) is 14.4. The number of benzene rings is 2. The fraction of sp³-hybridized carbons (Fsp3) is 0.0588. The van der Waals surface area contributed by atoms with Crippen molar-refractivity contribution in [2.45, 2.75) is 6.92 Å². The van der Waals surface area contributed by atoms with Crippen LogP contribution in [0, 0.1) is 28.4 Å². The van der Waals surface area contributed by atoms with E-state index in [1.807, 2.05) is 31.2 Å². The molecule has 25 heavy (non-hydrogen) atoms. The smallest absolute Gasteiger partial charge is 0.288 e. The number of imidazole rings is 1. The molecule has 8 heteroatoms. The van der Waals surface area contributed by atoms with Crippen LogP contribution in [0.3, 0.4) is 0 Å². The average Bonchev–Trinajstić information content (AvgIpc) is 2.97. The number of fused-ring (bicyclic) bond motifs is 1. The van der Waals surface area contributed by atoms with Crippen LogP contribution >= 0.6 is 23.2 Å². The molecular formula is C17H10Cl2N4O2. The van der Waals surface area contributed by atoms with E-state index in [0.29, 0.717) is 11.3 Å². The highest BCUT2D eigenvalue weighted by molar-refractivity contribution is 6.38. The summed E-state index contributed by atoms with van der Waals surface area (Å²) in [5.74, 6) is 0.335. The number of nitro benzene ring substituents is 1. The molecule has 0 atom stereocenters. The van der Waals surface area contributed by atoms with Crippen molar-refractivity contribution in [1.29, 1.82) is 5.26 Å². The first-order valence-electron chi connectivity index (χ1n) is 7.11. The Hall–Kier alpha value is -2.88. The summed E-state index contributed by atoms with van der Waals surface area (Å²) in [5, 5.41) is 20.6. The minimum atomic E-state index is -0.605. The lowest BCUT2D eigenvalue weighted by Crippen LogP contribution is -1.92. The number of aromatic nitrogens is 2. The summed E-state index contributed by atoms with van der Waals surface area (Å²) >= 11 is 12.2. The highest BCUT2D eigenvalue weighted by Gasteiger charge is 2.19. The molecule has 0 saturated carbocycles. The number of hydrogen-bond donors (Lipinski definition) is 1. The van der Waals surface area contributed by atoms with Crippen molar-refractivity contribution in [1.82, 2.24) is 9.97 Å². The van der Waals surface area contributed by atoms with Crippen LogP contribution < -0.4 is 0 Å². The van der Waals surface area contributed by atoms with E-state index in [1.54, 1.807) is 0 Å². The van der Waals surface area contributed by atoms with Gasteiger partial charge in [-0.3, -0.25) is 10.1 Å². The van der Waals surface area contributed by atoms with Gasteiger partial charge in [-0.25, -0.2) is 4.98 Å². The molecule has 0 aliphatic rings. The summed E-state index contributed by atoms with van der Waals surface area (Å²) in [6, 6.07) is 10.3. The van der Waals surface area contributed by atoms with Crippen LogP contribution in [0.15, 0.2) is 30.3 Å². The largest absolute Gasteiger partial charge is 0.337 e. The van der Waals surface area contributed by atoms with Gasteiger partial charge in [-0.1, -0.05) is 29.3 Å². The topological polar surface area (TPSA) is 95.6 Å². The Morgan fingerprint density at radius 2 is 2.12 bits per heavy atom. The highest BCUT2D eigenvalue weighted by atomic mass is 35.5. The van der Waals surface area contributed by atoms with E-state index < -0.39 is 4.92 Å². The first-order valence-corrected chi connectivity index (χ1v) is 7.87. The second-order valence-corrected chi connectivity index (χ2v) is 6.11. The maximum Gasteiger partial charge on any atom is 0.288 e. The number of aryl methyl sites for hydroxylation is 1. The third-order valence-corrected chi connectivity index (χ3v) is 4.33. The van der Waals surface area contributed by atoms with Crippen molar-refractivity contribution >= 4 is 51.6 Å². The van der Waals surface area contributed by atoms with Gasteiger partial charge in [-0.2, -0.15) is 5.26 Å². The predicted octanol–water partition coefficient (Wildman–Crippen LogP) is 5.15. The first-order chi connectivity index (χ1) is 11.9. The number of aromatic amines is 1. The first kappa shape index (κ1) is 17.0. The Balaban J connectivity index is 2.16. The SMILES string of the molecule is Cc1ccc2nc(C(C#N)=Cc3c(Cl)ccc([N+](=O)[O-])c3Cl)[nH]c2c1. The molecular weight excluding hydrogens is 363 g/mol. The predicted molar refractivity (Wildman–Crippen MR) is 97.4 cm³/mol. The summed E-state index contributed by atoms with van der Waals surface area (Å²) in [5.41, 5.74) is 2.62. The minimum Gasteiger partial charge on any atom is -0.337 e. The van der Waals surface area contributed by atoms with E-state index in [2.05, 4.69) is 9.97 Å². The lowest BCUT2D eigenvalue weighted by Gasteiger charge is -2.03. The molecule has 0 aliphatic heterocycles. The van der Waals surface area contributed by atoms with E-state index in [0.717, 1.165) is 11.1 Å². The van der Waals surface area contributed by atoms with Gasteiger partial charge in [0.15, 0.2) is 0 Å². The molecule has 0 spiro atoms. The lowest BCUT2D eigenvalue weighted by molar-refractivity contribution is -0.384. The Morgan fingerprint density at radius 1 is 1.36 bits per heavy atom. The van der Waals surface area contributed by atoms with Crippen LogP contribution in [-0.4, -0.2) is 14.9 Å². The fourth-order valence-corrected chi connectivity index (χ4v) is 2.93. The summed E-state index contributed by atoms with van der Waals surface area (Å²) in [7, 11) is 0. The van der Waals surface area contributed by atoms with Crippen molar-refractivity contribution in [2.24, 2.45) is 0 Å². The van der Waals surface area contributed by atoms with E-state index in [9.17, 15) is 15.4 Å². The number of nitro groups is 1. The van der Waals surface area contributed by atoms with Gasteiger partial charge < -0.3 is 4.98 Å². The number of nitriles is 1. The summed E-state index contributed by atoms with van der Waals surface area (Å²) < 4.78 is 0. The third-order valence-electron chi connectivity index (χ3n) is 3.60. The van der Waals surface area contributed by atoms with Crippen molar-refractivity contribution in [3.05, 3.63) is 67.4 Å². The van der Waals surface area contributed by atoms with Gasteiger partial charge in [0.25, 0.3) is 5.69 Å². The standard InChI is InChI=1S/C17H10Cl2N4O2/c1-9-2-4-13-14(6-9)22-17(21-13)10(8-20)7-11-12(18)3-5-15(16(11)19)23(24)25/h2-7H,1H3,(H,21,22). The fourth-order valence-electron chi connectivity index (χ4n) is 2.38. The Labute approximate surface area is 152 Å². The number of halogens is 2. The molecule has 1 heterocycles. The molecule has 0 radical (unpaired) electrons. The summed E-state index contributed by atoms with van der Waals surface area (Å²) in [6.07, 6.45) is 1.39. The molecule has 6 nitrogen and oxygen atoms in total. The van der Waals surface area contributed by atoms with Crippen LogP contribution in [-0.2, 0) is 0 Å². The van der Waals surface area contributed by atoms with Crippen molar-refractivity contribution in [3.8, 4) is 6.07 Å². The maximum absolute atomic E-state index is 11.0. The van der Waals surface area contributed by atoms with E-state index >= 15 is 0 Å². The maximum atomic E-state index is 11.0. The molecule has 0 bridgehead atoms. The van der Waals surface area contributed by atoms with Crippen LogP contribution in [0.4, 0.5) is 5.69 Å². The van der Waals surface area contributed by atoms with Crippen molar-refractivity contribution < 1.29 is 4.92 Å². The molecule has 0 amide bonds. The van der Waals surface area contributed by atoms with Crippen LogP contribution in [0.5, 0.6) is 0 Å². The molecule has 0 fully saturated rings. The van der Waals surface area contributed by atoms with Crippen LogP contribution in [0.1, 0.15) is 17.0 Å². The third kappa shape index (κ3) is 3.20. The number of H-pyrrole nitrogens is 1. The second kappa shape index (κ2) is 6.55. The van der Waals surface area contributed by atoms with Crippen LogP contribution in [0.25, 0.3) is 22.7 Å². The molecule has 0 aliphatic carbocycles. The number of hydrogen-bond acceptors (Lipinski definition) is 4. The van der Waals surface area contributed by atoms with E-state index in [4.69, 9.17) is 23.2 Å². The van der Waals surface area contributed by atoms with Gasteiger partial charge in [0.1, 0.15) is 16.9 Å². The average molecular weight is 373 g/mol. The quantitative estimate of drug-likeness (QED) is 0.390. The number of rotatable bonds is 3. The number of allylic oxidation sites excluding steroid dienone is 1. The molecule has 3 aromatic rings. The molecule has 3 rings (SSSR count). The monoisotopic (exact) mass is 372 g/mol. The van der Waals surface area contributed by atoms with E-state index in [-0.39, 0.29) is 26.9 Å². The van der Waals surface area contributed by atoms with Crippen molar-refractivity contribution in [2.75, 3.05) is 0 Å². The van der Waals surface area contributed by atoms with Gasteiger partial charge in [-0.05, 0) is 36.8 Å². The van der Waals surface area contributed by atoms with Gasteiger partial charge in [0.05, 0.1) is 21.5 Å². The molecule has 0 saturated heterocycles. The second-order valence-electron chi connectivity index (χ2n) is 5.33. The number of nitrogens with one attached hydrogen (secondary N) is 1.